The molecule has 1 aliphatic heterocycles. The number of rotatable bonds is 5. The third kappa shape index (κ3) is 4.42. The monoisotopic (exact) mass is 366 g/mol. The van der Waals surface area contributed by atoms with Crippen LogP contribution in [0.25, 0.3) is 0 Å². The van der Waals surface area contributed by atoms with Crippen LogP contribution in [0.3, 0.4) is 0 Å². The molecule has 1 aromatic rings. The Morgan fingerprint density at radius 1 is 1.28 bits per heavy atom. The molecule has 1 amide bonds. The Morgan fingerprint density at radius 2 is 1.88 bits per heavy atom. The molecule has 0 spiro atoms. The average Bonchev–Trinajstić information content (AvgIpc) is 2.53. The number of nitrogens with one attached hydrogen (secondary N) is 1. The largest absolute Gasteiger partial charge is 0.353 e. The molecule has 25 heavy (non-hydrogen) atoms. The number of benzene rings is 1. The Kier molecular flexibility index (Phi) is 6.27. The minimum Gasteiger partial charge on any atom is -0.353 e. The fourth-order valence-electron chi connectivity index (χ4n) is 3.54. The van der Waals surface area contributed by atoms with Gasteiger partial charge in [-0.25, -0.2) is 8.42 Å². The van der Waals surface area contributed by atoms with Gasteiger partial charge in [0.2, 0.25) is 15.9 Å². The topological polar surface area (TPSA) is 66.5 Å². The summed E-state index contributed by atoms with van der Waals surface area (Å²) in [5.41, 5.74) is 2.59. The van der Waals surface area contributed by atoms with Crippen LogP contribution in [0.1, 0.15) is 49.8 Å². The Balaban J connectivity index is 2.24. The lowest BCUT2D eigenvalue weighted by atomic mass is 9.98. The maximum Gasteiger partial charge on any atom is 0.243 e. The fraction of sp³-hybridized carbons (Fsp3) is 0.632. The van der Waals surface area contributed by atoms with E-state index in [9.17, 15) is 13.2 Å². The van der Waals surface area contributed by atoms with Crippen molar-refractivity contribution < 1.29 is 13.2 Å². The predicted octanol–water partition coefficient (Wildman–Crippen LogP) is 2.93. The number of piperidine rings is 1. The number of amides is 1. The lowest BCUT2D eigenvalue weighted by Gasteiger charge is -2.32. The van der Waals surface area contributed by atoms with E-state index in [1.165, 1.54) is 4.31 Å². The summed E-state index contributed by atoms with van der Waals surface area (Å²) < 4.78 is 27.8. The van der Waals surface area contributed by atoms with Crippen LogP contribution < -0.4 is 5.32 Å². The number of carbonyl (C=O) groups is 1. The third-order valence-electron chi connectivity index (χ3n) is 4.96. The van der Waals surface area contributed by atoms with Crippen molar-refractivity contribution in [3.63, 3.8) is 0 Å². The minimum absolute atomic E-state index is 0.0356. The highest BCUT2D eigenvalue weighted by atomic mass is 32.2. The molecular formula is C19H30N2O3S. The first-order valence-electron chi connectivity index (χ1n) is 9.05. The SMILES string of the molecule is CC[C@@H](C)NC(=O)[C@H]1CCCN(S(=O)(=O)c2c(C)cc(C)cc2C)C1. The summed E-state index contributed by atoms with van der Waals surface area (Å²) in [5, 5.41) is 2.98. The quantitative estimate of drug-likeness (QED) is 0.871. The van der Waals surface area contributed by atoms with Gasteiger partial charge in [0, 0.05) is 19.1 Å². The van der Waals surface area contributed by atoms with E-state index in [-0.39, 0.29) is 24.4 Å². The molecule has 6 heteroatoms. The van der Waals surface area contributed by atoms with Crippen molar-refractivity contribution in [2.75, 3.05) is 13.1 Å². The fourth-order valence-corrected chi connectivity index (χ4v) is 5.48. The van der Waals surface area contributed by atoms with E-state index in [1.54, 1.807) is 0 Å². The van der Waals surface area contributed by atoms with Crippen molar-refractivity contribution in [1.82, 2.24) is 9.62 Å². The third-order valence-corrected chi connectivity index (χ3v) is 7.13. The minimum atomic E-state index is -3.59. The molecule has 1 aliphatic rings. The normalized spacial score (nSPS) is 20.3. The van der Waals surface area contributed by atoms with Crippen molar-refractivity contribution in [3.8, 4) is 0 Å². The van der Waals surface area contributed by atoms with E-state index < -0.39 is 10.0 Å². The molecule has 5 nitrogen and oxygen atoms in total. The highest BCUT2D eigenvalue weighted by Crippen LogP contribution is 2.29. The summed E-state index contributed by atoms with van der Waals surface area (Å²) in [6, 6.07) is 3.91. The molecule has 0 saturated carbocycles. The summed E-state index contributed by atoms with van der Waals surface area (Å²) >= 11 is 0. The summed E-state index contributed by atoms with van der Waals surface area (Å²) in [7, 11) is -3.59. The maximum absolute atomic E-state index is 13.2. The van der Waals surface area contributed by atoms with Gasteiger partial charge < -0.3 is 5.32 Å². The van der Waals surface area contributed by atoms with Crippen LogP contribution in [-0.2, 0) is 14.8 Å². The van der Waals surface area contributed by atoms with Crippen molar-refractivity contribution in [1.29, 1.82) is 0 Å². The van der Waals surface area contributed by atoms with E-state index in [2.05, 4.69) is 5.32 Å². The van der Waals surface area contributed by atoms with E-state index >= 15 is 0 Å². The zero-order chi connectivity index (χ0) is 18.8. The van der Waals surface area contributed by atoms with Gasteiger partial charge in [-0.15, -0.1) is 0 Å². The van der Waals surface area contributed by atoms with Gasteiger partial charge in [-0.2, -0.15) is 4.31 Å². The average molecular weight is 367 g/mol. The molecule has 1 fully saturated rings. The number of hydrogen-bond donors (Lipinski definition) is 1. The van der Waals surface area contributed by atoms with Crippen molar-refractivity contribution in [3.05, 3.63) is 28.8 Å². The summed E-state index contributed by atoms with van der Waals surface area (Å²) in [6.07, 6.45) is 2.31. The van der Waals surface area contributed by atoms with Gasteiger partial charge in [-0.05, 0) is 58.1 Å². The van der Waals surface area contributed by atoms with Crippen LogP contribution in [0.5, 0.6) is 0 Å². The number of aryl methyl sites for hydroxylation is 3. The van der Waals surface area contributed by atoms with Gasteiger partial charge in [0.05, 0.1) is 10.8 Å². The Morgan fingerprint density at radius 3 is 2.44 bits per heavy atom. The highest BCUT2D eigenvalue weighted by molar-refractivity contribution is 7.89. The smallest absolute Gasteiger partial charge is 0.243 e. The molecule has 1 heterocycles. The van der Waals surface area contributed by atoms with Gasteiger partial charge in [-0.3, -0.25) is 4.79 Å². The first kappa shape index (κ1) is 19.9. The predicted molar refractivity (Wildman–Crippen MR) is 100 cm³/mol. The molecular weight excluding hydrogens is 336 g/mol. The molecule has 0 bridgehead atoms. The summed E-state index contributed by atoms with van der Waals surface area (Å²) in [6.45, 7) is 10.4. The molecule has 0 radical (unpaired) electrons. The van der Waals surface area contributed by atoms with Crippen LogP contribution in [0.4, 0.5) is 0 Å². The van der Waals surface area contributed by atoms with E-state index in [1.807, 2.05) is 46.8 Å². The first-order valence-corrected chi connectivity index (χ1v) is 10.5. The van der Waals surface area contributed by atoms with Gasteiger partial charge in [0.1, 0.15) is 0 Å². The lowest BCUT2D eigenvalue weighted by molar-refractivity contribution is -0.126. The van der Waals surface area contributed by atoms with Gasteiger partial charge >= 0.3 is 0 Å². The number of sulfonamides is 1. The molecule has 1 N–H and O–H groups in total. The zero-order valence-corrected chi connectivity index (χ0v) is 16.7. The van der Waals surface area contributed by atoms with Crippen LogP contribution in [0, 0.1) is 26.7 Å². The summed E-state index contributed by atoms with van der Waals surface area (Å²) in [5.74, 6) is -0.310. The standard InChI is InChI=1S/C19H30N2O3S/c1-6-16(5)20-19(22)17-8-7-9-21(12-17)25(23,24)18-14(3)10-13(2)11-15(18)4/h10-11,16-17H,6-9,12H2,1-5H3,(H,20,22)/t16-,17+/m1/s1. The van der Waals surface area contributed by atoms with Crippen LogP contribution >= 0.6 is 0 Å². The Hall–Kier alpha value is -1.40. The maximum atomic E-state index is 13.2. The van der Waals surface area contributed by atoms with Crippen molar-refractivity contribution >= 4 is 15.9 Å². The Bertz CT molecular complexity index is 720. The second kappa shape index (κ2) is 7.87. The van der Waals surface area contributed by atoms with Crippen molar-refractivity contribution in [2.45, 2.75) is 64.8 Å². The zero-order valence-electron chi connectivity index (χ0n) is 15.9. The number of carbonyl (C=O) groups excluding carboxylic acids is 1. The van der Waals surface area contributed by atoms with Crippen LogP contribution in [-0.4, -0.2) is 37.8 Å². The van der Waals surface area contributed by atoms with Gasteiger partial charge in [-0.1, -0.05) is 24.6 Å². The molecule has 2 rings (SSSR count). The van der Waals surface area contributed by atoms with Crippen molar-refractivity contribution in [2.24, 2.45) is 5.92 Å². The molecule has 140 valence electrons. The van der Waals surface area contributed by atoms with Gasteiger partial charge in [0.15, 0.2) is 0 Å². The van der Waals surface area contributed by atoms with Crippen LogP contribution in [0.15, 0.2) is 17.0 Å². The number of nitrogens with zero attached hydrogens (tertiary/aromatic N) is 1. The molecule has 0 unspecified atom stereocenters. The van der Waals surface area contributed by atoms with E-state index in [4.69, 9.17) is 0 Å². The number of hydrogen-bond acceptors (Lipinski definition) is 3. The van der Waals surface area contributed by atoms with Crippen LogP contribution in [0.2, 0.25) is 0 Å². The molecule has 1 saturated heterocycles. The molecule has 0 aromatic heterocycles. The van der Waals surface area contributed by atoms with Gasteiger partial charge in [0.25, 0.3) is 0 Å². The highest BCUT2D eigenvalue weighted by Gasteiger charge is 2.35. The molecule has 0 aliphatic carbocycles. The first-order chi connectivity index (χ1) is 11.7. The second-order valence-electron chi connectivity index (χ2n) is 7.25. The second-order valence-corrected chi connectivity index (χ2v) is 9.12. The Labute approximate surface area is 151 Å². The van der Waals surface area contributed by atoms with E-state index in [0.717, 1.165) is 29.5 Å². The van der Waals surface area contributed by atoms with E-state index in [0.29, 0.717) is 17.9 Å². The molecule has 2 atom stereocenters. The lowest BCUT2D eigenvalue weighted by Crippen LogP contribution is -2.47. The summed E-state index contributed by atoms with van der Waals surface area (Å²) in [4.78, 5) is 12.8. The molecule has 1 aromatic carbocycles.